The molecule has 2 aromatic rings. The van der Waals surface area contributed by atoms with Gasteiger partial charge < -0.3 is 9.88 Å². The number of hydrogen-bond acceptors (Lipinski definition) is 2. The highest BCUT2D eigenvalue weighted by Gasteiger charge is 2.33. The lowest BCUT2D eigenvalue weighted by Gasteiger charge is -2.32. The van der Waals surface area contributed by atoms with E-state index in [0.29, 0.717) is 6.54 Å². The summed E-state index contributed by atoms with van der Waals surface area (Å²) in [5.41, 5.74) is 2.63. The van der Waals surface area contributed by atoms with Gasteiger partial charge in [-0.15, -0.1) is 0 Å². The maximum Gasteiger partial charge on any atom is 0.389 e. The number of aromatic amines is 1. The largest absolute Gasteiger partial charge is 0.389 e. The number of carbonyl (C=O) groups excluding carboxylic acids is 1. The number of benzene rings is 1. The molecule has 1 N–H and O–H groups in total. The van der Waals surface area contributed by atoms with Gasteiger partial charge in [-0.1, -0.05) is 30.3 Å². The minimum absolute atomic E-state index is 0.124. The van der Waals surface area contributed by atoms with Gasteiger partial charge in [0, 0.05) is 18.9 Å². The minimum Gasteiger partial charge on any atom is -0.347 e. The molecule has 1 atom stereocenters. The highest BCUT2D eigenvalue weighted by molar-refractivity contribution is 5.76. The summed E-state index contributed by atoms with van der Waals surface area (Å²) >= 11 is 0. The van der Waals surface area contributed by atoms with E-state index in [1.165, 1.54) is 4.90 Å². The smallest absolute Gasteiger partial charge is 0.347 e. The lowest BCUT2D eigenvalue weighted by Crippen LogP contribution is -2.39. The number of imidazole rings is 1. The fourth-order valence-corrected chi connectivity index (χ4v) is 2.87. The van der Waals surface area contributed by atoms with E-state index in [0.717, 1.165) is 17.0 Å². The molecule has 1 aliphatic rings. The highest BCUT2D eigenvalue weighted by atomic mass is 19.4. The standard InChI is InChI=1S/C16H16F3N3O/c17-16(18,19)7-6-14(23)22-8-12(11-4-2-1-3-5-11)15-13(9-22)20-10-21-15/h1-5,10,12H,6-9H2,(H,20,21). The van der Waals surface area contributed by atoms with Crippen molar-refractivity contribution >= 4 is 5.91 Å². The Hall–Kier alpha value is -2.31. The van der Waals surface area contributed by atoms with E-state index < -0.39 is 24.9 Å². The average molecular weight is 323 g/mol. The molecule has 1 aliphatic heterocycles. The molecular weight excluding hydrogens is 307 g/mol. The number of H-pyrrole nitrogens is 1. The van der Waals surface area contributed by atoms with Crippen LogP contribution in [-0.4, -0.2) is 33.5 Å². The van der Waals surface area contributed by atoms with E-state index in [1.54, 1.807) is 6.33 Å². The number of amides is 1. The zero-order valence-corrected chi connectivity index (χ0v) is 12.3. The highest BCUT2D eigenvalue weighted by Crippen LogP contribution is 2.32. The monoisotopic (exact) mass is 323 g/mol. The fourth-order valence-electron chi connectivity index (χ4n) is 2.87. The predicted molar refractivity (Wildman–Crippen MR) is 77.6 cm³/mol. The van der Waals surface area contributed by atoms with E-state index in [2.05, 4.69) is 9.97 Å². The molecule has 122 valence electrons. The van der Waals surface area contributed by atoms with Crippen LogP contribution in [0.4, 0.5) is 13.2 Å². The van der Waals surface area contributed by atoms with Gasteiger partial charge in [0.1, 0.15) is 0 Å². The van der Waals surface area contributed by atoms with E-state index >= 15 is 0 Å². The summed E-state index contributed by atoms with van der Waals surface area (Å²) in [5.74, 6) is -0.607. The Bertz CT molecular complexity index is 681. The molecule has 4 nitrogen and oxygen atoms in total. The summed E-state index contributed by atoms with van der Waals surface area (Å²) in [4.78, 5) is 20.9. The summed E-state index contributed by atoms with van der Waals surface area (Å²) in [6.07, 6.45) is -4.36. The zero-order valence-electron chi connectivity index (χ0n) is 12.3. The third kappa shape index (κ3) is 3.55. The quantitative estimate of drug-likeness (QED) is 0.943. The van der Waals surface area contributed by atoms with E-state index in [4.69, 9.17) is 0 Å². The first-order valence-electron chi connectivity index (χ1n) is 7.35. The number of fused-ring (bicyclic) bond motifs is 1. The molecule has 0 saturated heterocycles. The molecule has 0 bridgehead atoms. The van der Waals surface area contributed by atoms with Crippen LogP contribution in [0.1, 0.15) is 35.7 Å². The SMILES string of the molecule is O=C(CCC(F)(F)F)N1Cc2[nH]cnc2C(c2ccccc2)C1. The molecule has 2 heterocycles. The van der Waals surface area contributed by atoms with Crippen molar-refractivity contribution in [3.63, 3.8) is 0 Å². The van der Waals surface area contributed by atoms with E-state index in [1.807, 2.05) is 30.3 Å². The maximum absolute atomic E-state index is 12.3. The Balaban J connectivity index is 1.80. The van der Waals surface area contributed by atoms with Crippen LogP contribution in [0.5, 0.6) is 0 Å². The average Bonchev–Trinajstić information content (AvgIpc) is 3.00. The molecule has 23 heavy (non-hydrogen) atoms. The van der Waals surface area contributed by atoms with Gasteiger partial charge in [0.15, 0.2) is 0 Å². The Labute approximate surface area is 131 Å². The molecule has 0 saturated carbocycles. The van der Waals surface area contributed by atoms with Crippen LogP contribution >= 0.6 is 0 Å². The van der Waals surface area contributed by atoms with Crippen molar-refractivity contribution in [3.05, 3.63) is 53.6 Å². The van der Waals surface area contributed by atoms with Crippen LogP contribution in [0.2, 0.25) is 0 Å². The third-order valence-electron chi connectivity index (χ3n) is 4.01. The Morgan fingerprint density at radius 1 is 1.30 bits per heavy atom. The number of nitrogens with one attached hydrogen (secondary N) is 1. The van der Waals surface area contributed by atoms with Gasteiger partial charge in [-0.2, -0.15) is 13.2 Å². The molecule has 0 spiro atoms. The molecule has 1 aromatic heterocycles. The number of halogens is 3. The lowest BCUT2D eigenvalue weighted by atomic mass is 9.91. The summed E-state index contributed by atoms with van der Waals surface area (Å²) in [6, 6.07) is 9.56. The summed E-state index contributed by atoms with van der Waals surface area (Å²) < 4.78 is 37.0. The van der Waals surface area contributed by atoms with Crippen LogP contribution in [0.3, 0.4) is 0 Å². The topological polar surface area (TPSA) is 49.0 Å². The molecule has 7 heteroatoms. The fraction of sp³-hybridized carbons (Fsp3) is 0.375. The normalized spacial score (nSPS) is 17.9. The Kier molecular flexibility index (Phi) is 4.11. The number of hydrogen-bond donors (Lipinski definition) is 1. The van der Waals surface area contributed by atoms with Crippen molar-refractivity contribution in [1.82, 2.24) is 14.9 Å². The third-order valence-corrected chi connectivity index (χ3v) is 4.01. The second kappa shape index (κ2) is 6.06. The van der Waals surface area contributed by atoms with E-state index in [9.17, 15) is 18.0 Å². The predicted octanol–water partition coefficient (Wildman–Crippen LogP) is 3.23. The van der Waals surface area contributed by atoms with Crippen molar-refractivity contribution in [2.75, 3.05) is 6.54 Å². The second-order valence-corrected chi connectivity index (χ2v) is 5.62. The molecule has 1 unspecified atom stereocenters. The van der Waals surface area contributed by atoms with Gasteiger partial charge >= 0.3 is 6.18 Å². The summed E-state index contributed by atoms with van der Waals surface area (Å²) in [6.45, 7) is 0.619. The van der Waals surface area contributed by atoms with Crippen molar-refractivity contribution in [2.45, 2.75) is 31.5 Å². The van der Waals surface area contributed by atoms with Crippen molar-refractivity contribution in [3.8, 4) is 0 Å². The van der Waals surface area contributed by atoms with E-state index in [-0.39, 0.29) is 12.5 Å². The Morgan fingerprint density at radius 3 is 2.74 bits per heavy atom. The van der Waals surface area contributed by atoms with Gasteiger partial charge in [0.2, 0.25) is 5.91 Å². The number of nitrogens with zero attached hydrogens (tertiary/aromatic N) is 2. The number of carbonyl (C=O) groups is 1. The molecule has 3 rings (SSSR count). The van der Waals surface area contributed by atoms with Crippen LogP contribution in [0.15, 0.2) is 36.7 Å². The van der Waals surface area contributed by atoms with Crippen molar-refractivity contribution in [2.24, 2.45) is 0 Å². The van der Waals surface area contributed by atoms with Crippen molar-refractivity contribution < 1.29 is 18.0 Å². The van der Waals surface area contributed by atoms with Gasteiger partial charge in [-0.3, -0.25) is 4.79 Å². The molecule has 0 aliphatic carbocycles. The molecular formula is C16H16F3N3O. The summed E-state index contributed by atoms with van der Waals surface area (Å²) in [7, 11) is 0. The second-order valence-electron chi connectivity index (χ2n) is 5.62. The Morgan fingerprint density at radius 2 is 2.04 bits per heavy atom. The maximum atomic E-state index is 12.3. The van der Waals surface area contributed by atoms with Crippen LogP contribution in [0, 0.1) is 0 Å². The van der Waals surface area contributed by atoms with Gasteiger partial charge in [-0.25, -0.2) is 4.98 Å². The summed E-state index contributed by atoms with van der Waals surface area (Å²) in [5, 5.41) is 0. The van der Waals surface area contributed by atoms with Gasteiger partial charge in [-0.05, 0) is 5.56 Å². The zero-order chi connectivity index (χ0) is 16.4. The molecule has 1 aromatic carbocycles. The van der Waals surface area contributed by atoms with Crippen LogP contribution in [-0.2, 0) is 11.3 Å². The van der Waals surface area contributed by atoms with Gasteiger partial charge in [0.05, 0.1) is 30.7 Å². The first-order chi connectivity index (χ1) is 10.9. The van der Waals surface area contributed by atoms with Crippen LogP contribution in [0.25, 0.3) is 0 Å². The number of rotatable bonds is 3. The van der Waals surface area contributed by atoms with Gasteiger partial charge in [0.25, 0.3) is 0 Å². The minimum atomic E-state index is -4.32. The van der Waals surface area contributed by atoms with Crippen LogP contribution < -0.4 is 0 Å². The molecule has 0 radical (unpaired) electrons. The number of aromatic nitrogens is 2. The first-order valence-corrected chi connectivity index (χ1v) is 7.35. The van der Waals surface area contributed by atoms with Crippen molar-refractivity contribution in [1.29, 1.82) is 0 Å². The lowest BCUT2D eigenvalue weighted by molar-refractivity contribution is -0.149. The molecule has 1 amide bonds. The number of alkyl halides is 3. The molecule has 0 fully saturated rings. The first kappa shape index (κ1) is 15.6.